The molecule has 0 saturated heterocycles. The first kappa shape index (κ1) is 13.6. The second-order valence-electron chi connectivity index (χ2n) is 5.45. The van der Waals surface area contributed by atoms with Crippen molar-refractivity contribution in [3.63, 3.8) is 0 Å². The predicted molar refractivity (Wildman–Crippen MR) is 79.5 cm³/mol. The Kier molecular flexibility index (Phi) is 3.76. The van der Waals surface area contributed by atoms with Crippen LogP contribution in [-0.4, -0.2) is 26.2 Å². The highest BCUT2D eigenvalue weighted by Crippen LogP contribution is 2.41. The van der Waals surface area contributed by atoms with Gasteiger partial charge in [-0.1, -0.05) is 41.6 Å². The number of rotatable bonds is 5. The summed E-state index contributed by atoms with van der Waals surface area (Å²) in [5, 5.41) is 13.1. The highest BCUT2D eigenvalue weighted by molar-refractivity contribution is 7.99. The van der Waals surface area contributed by atoms with E-state index in [0.29, 0.717) is 6.04 Å². The quantitative estimate of drug-likeness (QED) is 0.856. The van der Waals surface area contributed by atoms with Crippen LogP contribution < -0.4 is 5.73 Å². The minimum Gasteiger partial charge on any atom is -0.327 e. The molecule has 0 aliphatic heterocycles. The molecule has 1 aliphatic rings. The van der Waals surface area contributed by atoms with Gasteiger partial charge in [0.25, 0.3) is 0 Å². The van der Waals surface area contributed by atoms with E-state index >= 15 is 0 Å². The SMILES string of the molecule is Cc1cccc(C(Sc2nnnn2C2CC2)C(C)N)c1. The summed E-state index contributed by atoms with van der Waals surface area (Å²) in [6.07, 6.45) is 2.35. The Morgan fingerprint density at radius 2 is 2.20 bits per heavy atom. The van der Waals surface area contributed by atoms with Gasteiger partial charge in [-0.05, 0) is 42.7 Å². The van der Waals surface area contributed by atoms with Gasteiger partial charge in [-0.3, -0.25) is 0 Å². The third kappa shape index (κ3) is 2.86. The first-order valence-electron chi connectivity index (χ1n) is 6.92. The molecule has 1 heterocycles. The average molecular weight is 289 g/mol. The Hall–Kier alpha value is -1.40. The van der Waals surface area contributed by atoms with Crippen LogP contribution in [-0.2, 0) is 0 Å². The monoisotopic (exact) mass is 289 g/mol. The van der Waals surface area contributed by atoms with Crippen LogP contribution in [0.25, 0.3) is 0 Å². The van der Waals surface area contributed by atoms with Gasteiger partial charge in [-0.15, -0.1) is 5.10 Å². The van der Waals surface area contributed by atoms with Crippen LogP contribution in [0.5, 0.6) is 0 Å². The molecule has 3 rings (SSSR count). The van der Waals surface area contributed by atoms with Crippen LogP contribution in [0, 0.1) is 6.92 Å². The van der Waals surface area contributed by atoms with Gasteiger partial charge in [-0.2, -0.15) is 0 Å². The van der Waals surface area contributed by atoms with E-state index in [1.54, 1.807) is 11.8 Å². The van der Waals surface area contributed by atoms with Crippen molar-refractivity contribution in [1.29, 1.82) is 0 Å². The lowest BCUT2D eigenvalue weighted by atomic mass is 10.0. The van der Waals surface area contributed by atoms with E-state index in [2.05, 4.69) is 46.7 Å². The van der Waals surface area contributed by atoms with Crippen LogP contribution >= 0.6 is 11.8 Å². The van der Waals surface area contributed by atoms with Crippen LogP contribution in [0.2, 0.25) is 0 Å². The van der Waals surface area contributed by atoms with E-state index in [-0.39, 0.29) is 11.3 Å². The van der Waals surface area contributed by atoms with Gasteiger partial charge in [0, 0.05) is 6.04 Å². The van der Waals surface area contributed by atoms with E-state index in [1.807, 2.05) is 11.6 Å². The minimum absolute atomic E-state index is 0.0335. The van der Waals surface area contributed by atoms with Gasteiger partial charge < -0.3 is 5.73 Å². The lowest BCUT2D eigenvalue weighted by Gasteiger charge is -2.20. The first-order chi connectivity index (χ1) is 9.65. The maximum atomic E-state index is 6.18. The average Bonchev–Trinajstić information content (AvgIpc) is 3.15. The van der Waals surface area contributed by atoms with Crippen molar-refractivity contribution in [2.75, 3.05) is 0 Å². The number of aryl methyl sites for hydroxylation is 1. The van der Waals surface area contributed by atoms with E-state index in [1.165, 1.54) is 24.0 Å². The molecule has 0 amide bonds. The number of tetrazole rings is 1. The fourth-order valence-corrected chi connectivity index (χ4v) is 3.35. The van der Waals surface area contributed by atoms with Gasteiger partial charge in [-0.25, -0.2) is 4.68 Å². The third-order valence-electron chi connectivity index (χ3n) is 3.44. The summed E-state index contributed by atoms with van der Waals surface area (Å²) in [7, 11) is 0. The zero-order valence-corrected chi connectivity index (χ0v) is 12.5. The molecule has 106 valence electrons. The molecule has 1 aromatic heterocycles. The number of nitrogens with two attached hydrogens (primary N) is 1. The number of hydrogen-bond acceptors (Lipinski definition) is 5. The highest BCUT2D eigenvalue weighted by Gasteiger charge is 2.30. The van der Waals surface area contributed by atoms with Crippen molar-refractivity contribution in [1.82, 2.24) is 20.2 Å². The molecule has 1 aliphatic carbocycles. The molecule has 2 unspecified atom stereocenters. The summed E-state index contributed by atoms with van der Waals surface area (Å²) in [4.78, 5) is 0. The standard InChI is InChI=1S/C14H19N5S/c1-9-4-3-5-11(8-9)13(10(2)15)20-14-16-17-18-19(14)12-6-7-12/h3-5,8,10,12-13H,6-7,15H2,1-2H3. The van der Waals surface area contributed by atoms with Gasteiger partial charge in [0.2, 0.25) is 5.16 Å². The predicted octanol–water partition coefficient (Wildman–Crippen LogP) is 2.50. The summed E-state index contributed by atoms with van der Waals surface area (Å²) in [5.41, 5.74) is 8.66. The third-order valence-corrected chi connectivity index (χ3v) is 4.87. The minimum atomic E-state index is 0.0335. The van der Waals surface area contributed by atoms with Crippen molar-refractivity contribution in [3.05, 3.63) is 35.4 Å². The van der Waals surface area contributed by atoms with Crippen LogP contribution in [0.1, 0.15) is 42.2 Å². The Morgan fingerprint density at radius 3 is 2.85 bits per heavy atom. The summed E-state index contributed by atoms with van der Waals surface area (Å²) < 4.78 is 1.94. The molecule has 0 radical (unpaired) electrons. The van der Waals surface area contributed by atoms with Gasteiger partial charge >= 0.3 is 0 Å². The zero-order valence-electron chi connectivity index (χ0n) is 11.7. The fourth-order valence-electron chi connectivity index (χ4n) is 2.25. The number of hydrogen-bond donors (Lipinski definition) is 1. The molecule has 2 N–H and O–H groups in total. The molecule has 1 fully saturated rings. The van der Waals surface area contributed by atoms with E-state index in [9.17, 15) is 0 Å². The Balaban J connectivity index is 1.86. The molecular weight excluding hydrogens is 270 g/mol. The zero-order chi connectivity index (χ0) is 14.1. The van der Waals surface area contributed by atoms with Gasteiger partial charge in [0.05, 0.1) is 11.3 Å². The lowest BCUT2D eigenvalue weighted by Crippen LogP contribution is -2.23. The maximum absolute atomic E-state index is 6.18. The van der Waals surface area contributed by atoms with Crippen LogP contribution in [0.3, 0.4) is 0 Å². The van der Waals surface area contributed by atoms with Crippen LogP contribution in [0.15, 0.2) is 29.4 Å². The first-order valence-corrected chi connectivity index (χ1v) is 7.80. The topological polar surface area (TPSA) is 69.6 Å². The molecule has 1 aromatic carbocycles. The normalized spacial score (nSPS) is 17.9. The molecule has 1 saturated carbocycles. The Labute approximate surface area is 122 Å². The number of benzene rings is 1. The number of thioether (sulfide) groups is 1. The number of nitrogens with zero attached hydrogens (tertiary/aromatic N) is 4. The van der Waals surface area contributed by atoms with E-state index in [4.69, 9.17) is 5.73 Å². The molecule has 5 nitrogen and oxygen atoms in total. The van der Waals surface area contributed by atoms with Crippen molar-refractivity contribution < 1.29 is 0 Å². The van der Waals surface area contributed by atoms with Gasteiger partial charge in [0.15, 0.2) is 0 Å². The summed E-state index contributed by atoms with van der Waals surface area (Å²) >= 11 is 1.66. The smallest absolute Gasteiger partial charge is 0.210 e. The summed E-state index contributed by atoms with van der Waals surface area (Å²) in [6, 6.07) is 9.00. The second-order valence-corrected chi connectivity index (χ2v) is 6.56. The van der Waals surface area contributed by atoms with E-state index < -0.39 is 0 Å². The molecule has 0 spiro atoms. The highest BCUT2D eigenvalue weighted by atomic mass is 32.2. The lowest BCUT2D eigenvalue weighted by molar-refractivity contribution is 0.563. The summed E-state index contributed by atoms with van der Waals surface area (Å²) in [5.74, 6) is 0. The largest absolute Gasteiger partial charge is 0.327 e. The number of aromatic nitrogens is 4. The molecule has 2 atom stereocenters. The molecule has 2 aromatic rings. The Bertz CT molecular complexity index is 591. The summed E-state index contributed by atoms with van der Waals surface area (Å²) in [6.45, 7) is 4.13. The maximum Gasteiger partial charge on any atom is 0.210 e. The molecule has 0 bridgehead atoms. The van der Waals surface area contributed by atoms with Crippen molar-refractivity contribution in [2.24, 2.45) is 5.73 Å². The van der Waals surface area contributed by atoms with Crippen molar-refractivity contribution in [3.8, 4) is 0 Å². The fraction of sp³-hybridized carbons (Fsp3) is 0.500. The molecule has 6 heteroatoms. The molecule has 20 heavy (non-hydrogen) atoms. The Morgan fingerprint density at radius 1 is 1.40 bits per heavy atom. The van der Waals surface area contributed by atoms with Crippen molar-refractivity contribution >= 4 is 11.8 Å². The van der Waals surface area contributed by atoms with E-state index in [0.717, 1.165) is 5.16 Å². The second kappa shape index (κ2) is 5.54. The molecular formula is C14H19N5S. The van der Waals surface area contributed by atoms with Gasteiger partial charge in [0.1, 0.15) is 0 Å². The van der Waals surface area contributed by atoms with Crippen LogP contribution in [0.4, 0.5) is 0 Å². The van der Waals surface area contributed by atoms with Crippen molar-refractivity contribution in [2.45, 2.75) is 49.2 Å².